The van der Waals surface area contributed by atoms with Gasteiger partial charge in [0.15, 0.2) is 0 Å². The van der Waals surface area contributed by atoms with Crippen molar-refractivity contribution in [2.24, 2.45) is 0 Å². The molecular weight excluding hydrogens is 316 g/mol. The van der Waals surface area contributed by atoms with Crippen LogP contribution in [0.2, 0.25) is 0 Å². The Morgan fingerprint density at radius 2 is 1.52 bits per heavy atom. The summed E-state index contributed by atoms with van der Waals surface area (Å²) in [4.78, 5) is 26.7. The lowest BCUT2D eigenvalue weighted by Crippen LogP contribution is -2.30. The minimum absolute atomic E-state index is 0.217. The van der Waals surface area contributed by atoms with Crippen LogP contribution in [0.4, 0.5) is 10.5 Å². The van der Waals surface area contributed by atoms with Crippen LogP contribution in [0.15, 0.2) is 60.7 Å². The smallest absolute Gasteiger partial charge is 0.411 e. The summed E-state index contributed by atoms with van der Waals surface area (Å²) in [6.07, 6.45) is -0.477. The molecule has 1 aliphatic rings. The molecule has 5 nitrogen and oxygen atoms in total. The van der Waals surface area contributed by atoms with Crippen molar-refractivity contribution >= 4 is 17.7 Å². The fraction of sp³-hybridized carbons (Fsp3) is 0.300. The van der Waals surface area contributed by atoms with Crippen molar-refractivity contribution in [3.63, 3.8) is 0 Å². The van der Waals surface area contributed by atoms with Crippen molar-refractivity contribution in [1.82, 2.24) is 4.90 Å². The minimum atomic E-state index is -0.610. The molecule has 0 aliphatic carbocycles. The molecule has 1 fully saturated rings. The van der Waals surface area contributed by atoms with Crippen molar-refractivity contribution in [3.05, 3.63) is 66.2 Å². The summed E-state index contributed by atoms with van der Waals surface area (Å²) in [6.45, 7) is 5.43. The van der Waals surface area contributed by atoms with Crippen LogP contribution in [-0.4, -0.2) is 28.5 Å². The third-order valence-electron chi connectivity index (χ3n) is 3.86. The van der Waals surface area contributed by atoms with Crippen LogP contribution in [0.5, 0.6) is 0 Å². The van der Waals surface area contributed by atoms with E-state index in [0.717, 1.165) is 5.56 Å². The average Bonchev–Trinajstić information content (AvgIpc) is 3.31. The van der Waals surface area contributed by atoms with Gasteiger partial charge >= 0.3 is 6.09 Å². The molecule has 2 amide bonds. The Hall–Kier alpha value is -2.82. The molecule has 3 rings (SSSR count). The van der Waals surface area contributed by atoms with Crippen molar-refractivity contribution in [1.29, 1.82) is 0 Å². The Morgan fingerprint density at radius 3 is 2.08 bits per heavy atom. The summed E-state index contributed by atoms with van der Waals surface area (Å²) >= 11 is 0. The van der Waals surface area contributed by atoms with Gasteiger partial charge in [-0.3, -0.25) is 9.69 Å². The van der Waals surface area contributed by atoms with E-state index in [0.29, 0.717) is 5.69 Å². The van der Waals surface area contributed by atoms with Crippen LogP contribution in [0.3, 0.4) is 0 Å². The molecule has 0 saturated carbocycles. The summed E-state index contributed by atoms with van der Waals surface area (Å²) in [7, 11) is 0. The highest BCUT2D eigenvalue weighted by Crippen LogP contribution is 2.44. The quantitative estimate of drug-likeness (QED) is 0.861. The van der Waals surface area contributed by atoms with E-state index in [9.17, 15) is 9.59 Å². The second-order valence-electron chi connectivity index (χ2n) is 7.04. The number of carbonyl (C=O) groups excluding carboxylic acids is 2. The zero-order chi connectivity index (χ0) is 18.0. The second kappa shape index (κ2) is 6.59. The summed E-state index contributed by atoms with van der Waals surface area (Å²) in [5.74, 6) is -0.217. The van der Waals surface area contributed by atoms with Gasteiger partial charge in [0, 0.05) is 5.69 Å². The normalized spacial score (nSPS) is 19.2. The van der Waals surface area contributed by atoms with Gasteiger partial charge in [0.05, 0.1) is 6.04 Å². The molecule has 5 heteroatoms. The third-order valence-corrected chi connectivity index (χ3v) is 3.86. The summed E-state index contributed by atoms with van der Waals surface area (Å²) in [6, 6.07) is 17.9. The molecular formula is C20H22N2O3. The van der Waals surface area contributed by atoms with E-state index in [1.165, 1.54) is 4.90 Å². The fourth-order valence-electron chi connectivity index (χ4n) is 2.77. The van der Waals surface area contributed by atoms with Crippen molar-refractivity contribution in [2.75, 3.05) is 5.32 Å². The van der Waals surface area contributed by atoms with Crippen LogP contribution in [0.1, 0.15) is 32.4 Å². The number of hydrogen-bond acceptors (Lipinski definition) is 3. The van der Waals surface area contributed by atoms with Crippen LogP contribution in [-0.2, 0) is 9.53 Å². The first-order valence-corrected chi connectivity index (χ1v) is 8.29. The maximum Gasteiger partial charge on any atom is 0.411 e. The van der Waals surface area contributed by atoms with Crippen molar-refractivity contribution in [2.45, 2.75) is 38.5 Å². The van der Waals surface area contributed by atoms with Crippen LogP contribution < -0.4 is 5.32 Å². The molecule has 0 aromatic heterocycles. The first kappa shape index (κ1) is 17.0. The van der Waals surface area contributed by atoms with Gasteiger partial charge in [-0.15, -0.1) is 0 Å². The highest BCUT2D eigenvalue weighted by Gasteiger charge is 2.57. The second-order valence-corrected chi connectivity index (χ2v) is 7.04. The molecule has 1 heterocycles. The number of benzene rings is 2. The Kier molecular flexibility index (Phi) is 4.49. The first-order chi connectivity index (χ1) is 11.9. The summed E-state index contributed by atoms with van der Waals surface area (Å²) in [5, 5.41) is 2.86. The Bertz CT molecular complexity index is 754. The molecule has 0 spiro atoms. The number of carbonyl (C=O) groups is 2. The van der Waals surface area contributed by atoms with E-state index in [-0.39, 0.29) is 11.9 Å². The van der Waals surface area contributed by atoms with Crippen LogP contribution in [0.25, 0.3) is 0 Å². The zero-order valence-corrected chi connectivity index (χ0v) is 14.6. The molecule has 0 unspecified atom stereocenters. The number of ether oxygens (including phenoxy) is 1. The average molecular weight is 338 g/mol. The van der Waals surface area contributed by atoms with E-state index >= 15 is 0 Å². The van der Waals surface area contributed by atoms with Gasteiger partial charge in [0.25, 0.3) is 0 Å². The number of amides is 2. The van der Waals surface area contributed by atoms with E-state index in [1.807, 2.05) is 81.4 Å². The standard InChI is InChI=1S/C20H22N2O3/c1-20(2,3)25-19(24)22-16(14-10-6-4-7-11-14)17(22)18(23)21-15-12-8-5-9-13-15/h4-13,16-17H,1-3H3,(H,21,23)/t16-,17+,22?/m0/s1. The molecule has 0 radical (unpaired) electrons. The fourth-order valence-corrected chi connectivity index (χ4v) is 2.77. The van der Waals surface area contributed by atoms with Crippen molar-refractivity contribution < 1.29 is 14.3 Å². The van der Waals surface area contributed by atoms with Gasteiger partial charge < -0.3 is 10.1 Å². The van der Waals surface area contributed by atoms with E-state index in [2.05, 4.69) is 5.32 Å². The molecule has 0 bridgehead atoms. The SMILES string of the molecule is CC(C)(C)OC(=O)N1[C@@H](C(=O)Nc2ccccc2)[C@@H]1c1ccccc1. The molecule has 2 atom stereocenters. The van der Waals surface area contributed by atoms with Gasteiger partial charge in [0.2, 0.25) is 5.91 Å². The molecule has 1 aliphatic heterocycles. The van der Waals surface area contributed by atoms with Gasteiger partial charge in [0.1, 0.15) is 11.6 Å². The number of rotatable bonds is 3. The van der Waals surface area contributed by atoms with Crippen LogP contribution in [0, 0.1) is 0 Å². The number of nitrogens with one attached hydrogen (secondary N) is 1. The zero-order valence-electron chi connectivity index (χ0n) is 14.6. The molecule has 2 aromatic rings. The molecule has 25 heavy (non-hydrogen) atoms. The van der Waals surface area contributed by atoms with E-state index in [4.69, 9.17) is 4.74 Å². The number of para-hydroxylation sites is 1. The highest BCUT2D eigenvalue weighted by atomic mass is 16.6. The predicted octanol–water partition coefficient (Wildman–Crippen LogP) is 3.99. The number of anilines is 1. The molecule has 2 aromatic carbocycles. The Labute approximate surface area is 147 Å². The summed E-state index contributed by atoms with van der Waals surface area (Å²) < 4.78 is 5.45. The number of nitrogens with zero attached hydrogens (tertiary/aromatic N) is 1. The van der Waals surface area contributed by atoms with Gasteiger partial charge in [-0.2, -0.15) is 0 Å². The monoisotopic (exact) mass is 338 g/mol. The molecule has 130 valence electrons. The maximum atomic E-state index is 12.7. The van der Waals surface area contributed by atoms with Gasteiger partial charge in [-0.05, 0) is 38.5 Å². The van der Waals surface area contributed by atoms with E-state index < -0.39 is 17.7 Å². The third kappa shape index (κ3) is 3.99. The van der Waals surface area contributed by atoms with Gasteiger partial charge in [-0.1, -0.05) is 48.5 Å². The number of hydrogen-bond donors (Lipinski definition) is 1. The lowest BCUT2D eigenvalue weighted by molar-refractivity contribution is -0.116. The molecule has 1 N–H and O–H groups in total. The van der Waals surface area contributed by atoms with Crippen molar-refractivity contribution in [3.8, 4) is 0 Å². The van der Waals surface area contributed by atoms with E-state index in [1.54, 1.807) is 0 Å². The predicted molar refractivity (Wildman–Crippen MR) is 96.1 cm³/mol. The largest absolute Gasteiger partial charge is 0.444 e. The van der Waals surface area contributed by atoms with Crippen LogP contribution >= 0.6 is 0 Å². The Morgan fingerprint density at radius 1 is 0.960 bits per heavy atom. The maximum absolute atomic E-state index is 12.7. The Balaban J connectivity index is 1.79. The summed E-state index contributed by atoms with van der Waals surface area (Å²) in [5.41, 5.74) is 1.01. The topological polar surface area (TPSA) is 58.4 Å². The lowest BCUT2D eigenvalue weighted by Gasteiger charge is -2.20. The highest BCUT2D eigenvalue weighted by molar-refractivity contribution is 6.00. The molecule has 1 saturated heterocycles. The first-order valence-electron chi connectivity index (χ1n) is 8.29. The minimum Gasteiger partial charge on any atom is -0.444 e. The van der Waals surface area contributed by atoms with Gasteiger partial charge in [-0.25, -0.2) is 4.79 Å². The lowest BCUT2D eigenvalue weighted by atomic mass is 10.1.